The zero-order chi connectivity index (χ0) is 18.9. The molecule has 0 spiro atoms. The largest absolute Gasteiger partial charge is 0.497 e. The van der Waals surface area contributed by atoms with Gasteiger partial charge < -0.3 is 19.0 Å². The Balaban J connectivity index is 1.62. The second-order valence-electron chi connectivity index (χ2n) is 7.24. The maximum absolute atomic E-state index is 11.7. The lowest BCUT2D eigenvalue weighted by molar-refractivity contribution is -0.191. The topological polar surface area (TPSA) is 61.8 Å². The highest BCUT2D eigenvalue weighted by molar-refractivity contribution is 5.78. The summed E-state index contributed by atoms with van der Waals surface area (Å²) in [4.78, 5) is 22.8. The molecule has 0 N–H and O–H groups in total. The van der Waals surface area contributed by atoms with Crippen molar-refractivity contribution >= 4 is 11.8 Å². The van der Waals surface area contributed by atoms with Crippen molar-refractivity contribution in [3.63, 3.8) is 0 Å². The lowest BCUT2D eigenvalue weighted by atomic mass is 9.91. The number of ketones is 1. The molecule has 26 heavy (non-hydrogen) atoms. The quantitative estimate of drug-likeness (QED) is 0.416. The van der Waals surface area contributed by atoms with Crippen LogP contribution in [0.5, 0.6) is 5.75 Å². The molecule has 3 atom stereocenters. The Morgan fingerprint density at radius 3 is 2.58 bits per heavy atom. The number of rotatable bonds is 12. The van der Waals surface area contributed by atoms with E-state index in [2.05, 4.69) is 6.92 Å². The van der Waals surface area contributed by atoms with Crippen molar-refractivity contribution in [2.24, 2.45) is 11.8 Å². The van der Waals surface area contributed by atoms with Gasteiger partial charge in [-0.1, -0.05) is 31.9 Å². The Labute approximate surface area is 156 Å². The zero-order valence-electron chi connectivity index (χ0n) is 16.0. The Morgan fingerprint density at radius 1 is 1.23 bits per heavy atom. The number of Topliss-reactive ketones (excluding diaryl/α,β-unsaturated/α-hetero) is 1. The van der Waals surface area contributed by atoms with Crippen LogP contribution in [0.15, 0.2) is 24.3 Å². The van der Waals surface area contributed by atoms with Gasteiger partial charge in [0.2, 0.25) is 0 Å². The molecule has 0 aromatic heterocycles. The molecule has 2 rings (SSSR count). The van der Waals surface area contributed by atoms with Crippen molar-refractivity contribution in [1.82, 2.24) is 0 Å². The van der Waals surface area contributed by atoms with Crippen molar-refractivity contribution in [2.75, 3.05) is 13.7 Å². The Bertz CT molecular complexity index is 581. The van der Waals surface area contributed by atoms with Crippen LogP contribution in [-0.4, -0.2) is 31.6 Å². The summed E-state index contributed by atoms with van der Waals surface area (Å²) in [6.07, 6.45) is 4.60. The second kappa shape index (κ2) is 10.3. The van der Waals surface area contributed by atoms with Crippen molar-refractivity contribution in [3.05, 3.63) is 29.8 Å². The van der Waals surface area contributed by atoms with E-state index in [1.54, 1.807) is 14.0 Å². The second-order valence-corrected chi connectivity index (χ2v) is 7.24. The number of ether oxygens (including phenoxy) is 3. The normalized spacial score (nSPS) is 20.2. The van der Waals surface area contributed by atoms with Gasteiger partial charge in [-0.05, 0) is 43.4 Å². The van der Waals surface area contributed by atoms with Gasteiger partial charge in [0.1, 0.15) is 23.6 Å². The molecular weight excluding hydrogens is 332 g/mol. The minimum atomic E-state index is -0.158. The summed E-state index contributed by atoms with van der Waals surface area (Å²) in [6.45, 7) is 4.63. The van der Waals surface area contributed by atoms with E-state index in [0.29, 0.717) is 25.6 Å². The number of benzene rings is 1. The zero-order valence-corrected chi connectivity index (χ0v) is 16.0. The molecule has 1 aliphatic heterocycles. The summed E-state index contributed by atoms with van der Waals surface area (Å²) in [5.74, 6) is 1.19. The molecule has 0 aliphatic carbocycles. The van der Waals surface area contributed by atoms with Crippen LogP contribution in [0.25, 0.3) is 0 Å². The molecule has 0 bridgehead atoms. The summed E-state index contributed by atoms with van der Waals surface area (Å²) >= 11 is 0. The summed E-state index contributed by atoms with van der Waals surface area (Å²) < 4.78 is 16.1. The number of carbonyl (C=O) groups excluding carboxylic acids is 2. The van der Waals surface area contributed by atoms with Gasteiger partial charge in [-0.2, -0.15) is 0 Å². The third-order valence-corrected chi connectivity index (χ3v) is 4.82. The molecule has 0 saturated carbocycles. The van der Waals surface area contributed by atoms with E-state index >= 15 is 0 Å². The van der Waals surface area contributed by atoms with Gasteiger partial charge in [0.05, 0.1) is 20.3 Å². The Morgan fingerprint density at radius 2 is 1.96 bits per heavy atom. The maximum Gasteiger partial charge on any atom is 0.315 e. The molecule has 5 heteroatoms. The molecule has 5 nitrogen and oxygen atoms in total. The molecular formula is C21H30O5. The van der Waals surface area contributed by atoms with Crippen molar-refractivity contribution < 1.29 is 23.8 Å². The number of esters is 1. The molecule has 1 fully saturated rings. The van der Waals surface area contributed by atoms with Gasteiger partial charge in [-0.25, -0.2) is 0 Å². The van der Waals surface area contributed by atoms with Gasteiger partial charge in [-0.15, -0.1) is 0 Å². The third kappa shape index (κ3) is 6.45. The molecule has 1 aromatic rings. The first kappa shape index (κ1) is 20.4. The standard InChI is InChI=1S/C21H30O5/c1-15(12-16(2)22)6-4-5-7-20-19(21(23)26-20)14-25-13-17-8-10-18(24-3)11-9-17/h8-11,15,19-20H,4-7,12-14H2,1-3H3/t15-,19-,20-/m1/s1. The van der Waals surface area contributed by atoms with Crippen LogP contribution in [-0.2, 0) is 25.7 Å². The van der Waals surface area contributed by atoms with Crippen LogP contribution < -0.4 is 4.74 Å². The third-order valence-electron chi connectivity index (χ3n) is 4.82. The fourth-order valence-electron chi connectivity index (χ4n) is 3.29. The van der Waals surface area contributed by atoms with E-state index in [1.807, 2.05) is 24.3 Å². The lowest BCUT2D eigenvalue weighted by Crippen LogP contribution is -2.47. The first-order valence-corrected chi connectivity index (χ1v) is 9.40. The Kier molecular flexibility index (Phi) is 8.10. The molecule has 0 radical (unpaired) electrons. The maximum atomic E-state index is 11.7. The monoisotopic (exact) mass is 362 g/mol. The van der Waals surface area contributed by atoms with Gasteiger partial charge >= 0.3 is 5.97 Å². The van der Waals surface area contributed by atoms with Crippen LogP contribution in [0.1, 0.15) is 51.5 Å². The van der Waals surface area contributed by atoms with E-state index in [0.717, 1.165) is 37.0 Å². The summed E-state index contributed by atoms with van der Waals surface area (Å²) in [7, 11) is 1.64. The molecule has 144 valence electrons. The average Bonchev–Trinajstić information content (AvgIpc) is 2.61. The Hall–Kier alpha value is -1.88. The predicted molar refractivity (Wildman–Crippen MR) is 99.0 cm³/mol. The predicted octanol–water partition coefficient (Wildman–Crippen LogP) is 3.93. The number of cyclic esters (lactones) is 1. The number of carbonyl (C=O) groups is 2. The van der Waals surface area contributed by atoms with E-state index in [9.17, 15) is 9.59 Å². The van der Waals surface area contributed by atoms with Crippen LogP contribution >= 0.6 is 0 Å². The summed E-state index contributed by atoms with van der Waals surface area (Å²) in [5.41, 5.74) is 1.05. The van der Waals surface area contributed by atoms with E-state index in [1.165, 1.54) is 0 Å². The molecule has 1 aliphatic rings. The van der Waals surface area contributed by atoms with Crippen molar-refractivity contribution in [2.45, 2.75) is 58.7 Å². The summed E-state index contributed by atoms with van der Waals surface area (Å²) in [6, 6.07) is 7.70. The highest BCUT2D eigenvalue weighted by Gasteiger charge is 2.41. The molecule has 1 heterocycles. The first-order chi connectivity index (χ1) is 12.5. The molecule has 1 saturated heterocycles. The lowest BCUT2D eigenvalue weighted by Gasteiger charge is -2.35. The number of unbranched alkanes of at least 4 members (excludes halogenated alkanes) is 1. The van der Waals surface area contributed by atoms with Crippen LogP contribution in [0.3, 0.4) is 0 Å². The number of hydrogen-bond acceptors (Lipinski definition) is 5. The van der Waals surface area contributed by atoms with Gasteiger partial charge in [-0.3, -0.25) is 4.79 Å². The highest BCUT2D eigenvalue weighted by Crippen LogP contribution is 2.28. The van der Waals surface area contributed by atoms with E-state index in [-0.39, 0.29) is 23.8 Å². The minimum Gasteiger partial charge on any atom is -0.497 e. The fraction of sp³-hybridized carbons (Fsp3) is 0.619. The first-order valence-electron chi connectivity index (χ1n) is 9.40. The SMILES string of the molecule is COc1ccc(COC[C@H]2C(=O)O[C@@H]2CCCC[C@@H](C)CC(C)=O)cc1. The number of methoxy groups -OCH3 is 1. The minimum absolute atomic E-state index is 0.0264. The fourth-order valence-corrected chi connectivity index (χ4v) is 3.29. The van der Waals surface area contributed by atoms with Crippen LogP contribution in [0.2, 0.25) is 0 Å². The average molecular weight is 362 g/mol. The van der Waals surface area contributed by atoms with E-state index in [4.69, 9.17) is 14.2 Å². The summed E-state index contributed by atoms with van der Waals surface area (Å²) in [5, 5.41) is 0. The smallest absolute Gasteiger partial charge is 0.315 e. The highest BCUT2D eigenvalue weighted by atomic mass is 16.6. The van der Waals surface area contributed by atoms with Gasteiger partial charge in [0.25, 0.3) is 0 Å². The van der Waals surface area contributed by atoms with Crippen molar-refractivity contribution in [3.8, 4) is 5.75 Å². The molecule has 0 amide bonds. The van der Waals surface area contributed by atoms with E-state index < -0.39 is 0 Å². The molecule has 1 aromatic carbocycles. The van der Waals surface area contributed by atoms with Crippen molar-refractivity contribution in [1.29, 1.82) is 0 Å². The molecule has 0 unspecified atom stereocenters. The van der Waals surface area contributed by atoms with Crippen LogP contribution in [0, 0.1) is 11.8 Å². The van der Waals surface area contributed by atoms with Crippen LogP contribution in [0.4, 0.5) is 0 Å². The number of hydrogen-bond donors (Lipinski definition) is 0. The van der Waals surface area contributed by atoms with Gasteiger partial charge in [0.15, 0.2) is 0 Å². The van der Waals surface area contributed by atoms with Gasteiger partial charge in [0, 0.05) is 6.42 Å².